The number of esters is 1. The minimum Gasteiger partial charge on any atom is -0.462 e. The second kappa shape index (κ2) is 45.0. The van der Waals surface area contributed by atoms with Crippen LogP contribution in [0.2, 0.25) is 0 Å². The number of hydrogen-bond donors (Lipinski definition) is 3. The first-order valence-electron chi connectivity index (χ1n) is 25.3. The molecule has 0 bridgehead atoms. The van der Waals surface area contributed by atoms with Crippen molar-refractivity contribution in [3.8, 4) is 0 Å². The molecule has 0 aliphatic carbocycles. The van der Waals surface area contributed by atoms with Crippen molar-refractivity contribution in [1.82, 2.24) is 5.32 Å². The lowest BCUT2D eigenvalue weighted by molar-refractivity contribution is -0.151. The summed E-state index contributed by atoms with van der Waals surface area (Å²) in [5.41, 5.74) is 0. The first kappa shape index (κ1) is 54.9. The third kappa shape index (κ3) is 39.7. The Bertz CT molecular complexity index is 806. The van der Waals surface area contributed by atoms with E-state index >= 15 is 0 Å². The standard InChI is InChI=1S/C50H99NO5/c1-4-7-10-13-16-19-21-23-25-27-30-32-35-38-41-46(56-50(55)43-40-37-34-29-18-15-12-9-6-3)44-49(54)51-47(45-52)48(53)42-39-36-33-31-28-26-24-22-20-17-14-11-8-5-2/h46-48,52-53H,4-45H2,1-3H3,(H,51,54). The molecule has 0 radical (unpaired) electrons. The summed E-state index contributed by atoms with van der Waals surface area (Å²) in [5.74, 6) is -0.456. The van der Waals surface area contributed by atoms with Crippen LogP contribution >= 0.6 is 0 Å². The summed E-state index contributed by atoms with van der Waals surface area (Å²) in [7, 11) is 0. The molecule has 3 atom stereocenters. The molecular weight excluding hydrogens is 695 g/mol. The van der Waals surface area contributed by atoms with E-state index in [2.05, 4.69) is 26.1 Å². The van der Waals surface area contributed by atoms with Crippen LogP contribution in [-0.4, -0.2) is 46.9 Å². The molecule has 1 amide bonds. The van der Waals surface area contributed by atoms with Crippen LogP contribution in [0.1, 0.15) is 284 Å². The average Bonchev–Trinajstić information content (AvgIpc) is 3.19. The molecule has 0 heterocycles. The van der Waals surface area contributed by atoms with Crippen molar-refractivity contribution in [3.05, 3.63) is 0 Å². The van der Waals surface area contributed by atoms with Gasteiger partial charge >= 0.3 is 5.97 Å². The molecule has 6 nitrogen and oxygen atoms in total. The van der Waals surface area contributed by atoms with Gasteiger partial charge in [-0.05, 0) is 25.7 Å². The number of amides is 1. The minimum atomic E-state index is -0.778. The van der Waals surface area contributed by atoms with E-state index in [1.165, 1.54) is 193 Å². The Hall–Kier alpha value is -1.14. The second-order valence-corrected chi connectivity index (χ2v) is 17.6. The van der Waals surface area contributed by atoms with E-state index in [1.807, 2.05) is 0 Å². The Labute approximate surface area is 349 Å². The first-order valence-corrected chi connectivity index (χ1v) is 25.3. The lowest BCUT2D eigenvalue weighted by atomic mass is 10.0. The zero-order valence-electron chi connectivity index (χ0n) is 38.0. The van der Waals surface area contributed by atoms with Crippen LogP contribution in [-0.2, 0) is 14.3 Å². The molecular formula is C50H99NO5. The summed E-state index contributed by atoms with van der Waals surface area (Å²) < 4.78 is 5.91. The van der Waals surface area contributed by atoms with Gasteiger partial charge in [0.05, 0.1) is 25.2 Å². The molecule has 0 saturated carbocycles. The number of nitrogens with one attached hydrogen (secondary N) is 1. The van der Waals surface area contributed by atoms with E-state index in [-0.39, 0.29) is 24.9 Å². The van der Waals surface area contributed by atoms with Crippen molar-refractivity contribution in [3.63, 3.8) is 0 Å². The number of aliphatic hydroxyl groups excluding tert-OH is 2. The van der Waals surface area contributed by atoms with E-state index < -0.39 is 18.2 Å². The molecule has 0 aromatic heterocycles. The monoisotopic (exact) mass is 794 g/mol. The summed E-state index contributed by atoms with van der Waals surface area (Å²) in [6.07, 6.45) is 47.3. The van der Waals surface area contributed by atoms with Crippen molar-refractivity contribution in [2.24, 2.45) is 0 Å². The molecule has 3 N–H and O–H groups in total. The van der Waals surface area contributed by atoms with Crippen molar-refractivity contribution in [2.45, 2.75) is 302 Å². The number of aliphatic hydroxyl groups is 2. The highest BCUT2D eigenvalue weighted by atomic mass is 16.5. The summed E-state index contributed by atoms with van der Waals surface area (Å²) in [4.78, 5) is 26.0. The molecule has 0 aromatic rings. The number of unbranched alkanes of at least 4 members (excludes halogenated alkanes) is 34. The lowest BCUT2D eigenvalue weighted by Crippen LogP contribution is -2.46. The summed E-state index contributed by atoms with van der Waals surface area (Å²) >= 11 is 0. The Kier molecular flexibility index (Phi) is 44.0. The van der Waals surface area contributed by atoms with Gasteiger partial charge in [0.15, 0.2) is 0 Å². The fourth-order valence-corrected chi connectivity index (χ4v) is 8.08. The molecule has 334 valence electrons. The quantitative estimate of drug-likeness (QED) is 0.0421. The van der Waals surface area contributed by atoms with Crippen molar-refractivity contribution in [2.75, 3.05) is 6.61 Å². The SMILES string of the molecule is CCCCCCCCCCCCCCCCC(CC(=O)NC(CO)C(O)CCCCCCCCCCCCCCCC)OC(=O)CCCCCCCCCCC. The normalized spacial score (nSPS) is 13.2. The van der Waals surface area contributed by atoms with E-state index in [0.717, 1.165) is 44.9 Å². The van der Waals surface area contributed by atoms with Crippen LogP contribution in [0.15, 0.2) is 0 Å². The smallest absolute Gasteiger partial charge is 0.306 e. The average molecular weight is 794 g/mol. The van der Waals surface area contributed by atoms with E-state index in [9.17, 15) is 19.8 Å². The van der Waals surface area contributed by atoms with Gasteiger partial charge in [0.25, 0.3) is 0 Å². The maximum atomic E-state index is 13.2. The zero-order valence-corrected chi connectivity index (χ0v) is 38.0. The fraction of sp³-hybridized carbons (Fsp3) is 0.960. The van der Waals surface area contributed by atoms with Crippen molar-refractivity contribution in [1.29, 1.82) is 0 Å². The van der Waals surface area contributed by atoms with Crippen LogP contribution < -0.4 is 5.32 Å². The predicted molar refractivity (Wildman–Crippen MR) is 241 cm³/mol. The number of hydrogen-bond acceptors (Lipinski definition) is 5. The highest BCUT2D eigenvalue weighted by Gasteiger charge is 2.24. The van der Waals surface area contributed by atoms with Gasteiger partial charge in [0.2, 0.25) is 5.91 Å². The largest absolute Gasteiger partial charge is 0.462 e. The molecule has 0 rings (SSSR count). The Morgan fingerprint density at radius 1 is 0.446 bits per heavy atom. The number of rotatable bonds is 46. The van der Waals surface area contributed by atoms with Crippen molar-refractivity contribution >= 4 is 11.9 Å². The van der Waals surface area contributed by atoms with E-state index in [4.69, 9.17) is 4.74 Å². The van der Waals surface area contributed by atoms with Gasteiger partial charge in [0, 0.05) is 6.42 Å². The van der Waals surface area contributed by atoms with E-state index in [1.54, 1.807) is 0 Å². The molecule has 3 unspecified atom stereocenters. The van der Waals surface area contributed by atoms with Crippen LogP contribution in [0, 0.1) is 0 Å². The topological polar surface area (TPSA) is 95.9 Å². The highest BCUT2D eigenvalue weighted by Crippen LogP contribution is 2.19. The molecule has 6 heteroatoms. The predicted octanol–water partition coefficient (Wildman–Crippen LogP) is 14.8. The van der Waals surface area contributed by atoms with Crippen LogP contribution in [0.5, 0.6) is 0 Å². The number of ether oxygens (including phenoxy) is 1. The summed E-state index contributed by atoms with van der Waals surface area (Å²) in [6, 6.07) is -0.691. The molecule has 0 fully saturated rings. The van der Waals surface area contributed by atoms with Gasteiger partial charge in [-0.1, -0.05) is 245 Å². The van der Waals surface area contributed by atoms with Gasteiger partial charge in [-0.2, -0.15) is 0 Å². The Morgan fingerprint density at radius 3 is 1.09 bits per heavy atom. The van der Waals surface area contributed by atoms with Crippen LogP contribution in [0.25, 0.3) is 0 Å². The highest BCUT2D eigenvalue weighted by molar-refractivity contribution is 5.77. The van der Waals surface area contributed by atoms with Gasteiger partial charge in [-0.15, -0.1) is 0 Å². The van der Waals surface area contributed by atoms with Gasteiger partial charge < -0.3 is 20.3 Å². The van der Waals surface area contributed by atoms with Crippen LogP contribution in [0.4, 0.5) is 0 Å². The van der Waals surface area contributed by atoms with Gasteiger partial charge in [-0.3, -0.25) is 9.59 Å². The molecule has 0 aliphatic rings. The maximum absolute atomic E-state index is 13.2. The third-order valence-corrected chi connectivity index (χ3v) is 11.9. The zero-order chi connectivity index (χ0) is 41.0. The van der Waals surface area contributed by atoms with Gasteiger partial charge in [0.1, 0.15) is 6.10 Å². The molecule has 0 saturated heterocycles. The summed E-state index contributed by atoms with van der Waals surface area (Å²) in [5, 5.41) is 23.7. The molecule has 0 aromatic carbocycles. The maximum Gasteiger partial charge on any atom is 0.306 e. The molecule has 56 heavy (non-hydrogen) atoms. The van der Waals surface area contributed by atoms with E-state index in [0.29, 0.717) is 19.3 Å². The van der Waals surface area contributed by atoms with Crippen molar-refractivity contribution < 1.29 is 24.5 Å². The third-order valence-electron chi connectivity index (χ3n) is 11.9. The van der Waals surface area contributed by atoms with Crippen LogP contribution in [0.3, 0.4) is 0 Å². The number of carbonyl (C=O) groups excluding carboxylic acids is 2. The molecule has 0 spiro atoms. The Morgan fingerprint density at radius 2 is 0.750 bits per heavy atom. The minimum absolute atomic E-state index is 0.0873. The molecule has 0 aliphatic heterocycles. The first-order chi connectivity index (χ1) is 27.5. The number of carbonyl (C=O) groups is 2. The lowest BCUT2D eigenvalue weighted by Gasteiger charge is -2.24. The van der Waals surface area contributed by atoms with Gasteiger partial charge in [-0.25, -0.2) is 0 Å². The Balaban J connectivity index is 4.47. The summed E-state index contributed by atoms with van der Waals surface area (Å²) in [6.45, 7) is 6.49. The fourth-order valence-electron chi connectivity index (χ4n) is 8.08. The second-order valence-electron chi connectivity index (χ2n) is 17.6.